The number of ether oxygens (including phenoxy) is 1. The van der Waals surface area contributed by atoms with Gasteiger partial charge in [0.2, 0.25) is 0 Å². The second kappa shape index (κ2) is 7.43. The summed E-state index contributed by atoms with van der Waals surface area (Å²) in [5.41, 5.74) is 2.12. The summed E-state index contributed by atoms with van der Waals surface area (Å²) in [5, 5.41) is 12.9. The summed E-state index contributed by atoms with van der Waals surface area (Å²) in [4.78, 5) is 13.6. The minimum atomic E-state index is -3.42. The number of aromatic nitrogens is 7. The van der Waals surface area contributed by atoms with E-state index in [-0.39, 0.29) is 64.2 Å². The van der Waals surface area contributed by atoms with Crippen molar-refractivity contribution in [2.75, 3.05) is 13.2 Å². The summed E-state index contributed by atoms with van der Waals surface area (Å²) in [6, 6.07) is 7.51. The van der Waals surface area contributed by atoms with E-state index in [1.807, 2.05) is 12.1 Å². The normalized spacial score (nSPS) is 33.6. The molecule has 4 aliphatic carbocycles. The van der Waals surface area contributed by atoms with Crippen molar-refractivity contribution in [1.82, 2.24) is 34.9 Å². The molecule has 42 heavy (non-hydrogen) atoms. The smallest absolute Gasteiger partial charge is 0.252 e. The van der Waals surface area contributed by atoms with Gasteiger partial charge in [-0.3, -0.25) is 0 Å². The number of rotatable bonds is 6. The quantitative estimate of drug-likeness (QED) is 0.333. The fraction of sp³-hybridized carbons (Fsp3) is 0.448. The van der Waals surface area contributed by atoms with Crippen LogP contribution in [-0.2, 0) is 25.7 Å². The zero-order chi connectivity index (χ0) is 28.9. The summed E-state index contributed by atoms with van der Waals surface area (Å²) in [5.74, 6) is -1.00. The van der Waals surface area contributed by atoms with E-state index in [0.29, 0.717) is 0 Å². The minimum absolute atomic E-state index is 0.0832. The Bertz CT molecular complexity index is 1950. The Morgan fingerprint density at radius 3 is 2.55 bits per heavy atom. The Labute approximate surface area is 239 Å². The van der Waals surface area contributed by atoms with E-state index in [2.05, 4.69) is 39.1 Å². The SMILES string of the molecule is CC12C[C@H]3c4cc(-c5c(F)cccc5F)nnc4[C@@]4(c5ccnc(-n6cnc(CS(=O)(=O)C7COC7)n6)n5)CC1(C)C324. The van der Waals surface area contributed by atoms with Crippen molar-refractivity contribution in [1.29, 1.82) is 0 Å². The molecule has 0 N–H and O–H groups in total. The monoisotopic (exact) mass is 589 g/mol. The molecule has 3 aromatic heterocycles. The molecule has 0 bridgehead atoms. The van der Waals surface area contributed by atoms with Crippen LogP contribution in [0, 0.1) is 27.9 Å². The molecule has 5 aliphatic rings. The van der Waals surface area contributed by atoms with Gasteiger partial charge in [0.15, 0.2) is 15.7 Å². The van der Waals surface area contributed by atoms with Gasteiger partial charge in [-0.05, 0) is 59.4 Å². The standard InChI is InChI=1S/C29H25F2N7O3S/c1-26-9-17-16-8-20(23-18(30)4-3-5-19(23)31)35-36-24(16)28(13-27(26,2)29(17,26)28)21-6-7-32-25(34-21)38-14-33-22(37-38)12-42(39,40)15-10-41-11-15/h3-8,14-15,17H,9-13H2,1-2H3/t17-,26?,27?,28-,29?/m0/s1. The summed E-state index contributed by atoms with van der Waals surface area (Å²) >= 11 is 0. The Balaban J connectivity index is 1.13. The van der Waals surface area contributed by atoms with Crippen LogP contribution in [0.2, 0.25) is 0 Å². The second-order valence-corrected chi connectivity index (χ2v) is 15.0. The molecule has 9 rings (SSSR count). The molecule has 4 heterocycles. The van der Waals surface area contributed by atoms with Crippen LogP contribution in [0.15, 0.2) is 42.9 Å². The highest BCUT2D eigenvalue weighted by Gasteiger charge is 3.05. The lowest BCUT2D eigenvalue weighted by Crippen LogP contribution is -2.53. The zero-order valence-electron chi connectivity index (χ0n) is 22.8. The molecule has 0 radical (unpaired) electrons. The summed E-state index contributed by atoms with van der Waals surface area (Å²) in [6.07, 6.45) is 4.88. The van der Waals surface area contributed by atoms with Gasteiger partial charge in [-0.25, -0.2) is 32.2 Å². The molecule has 0 amide bonds. The van der Waals surface area contributed by atoms with Crippen LogP contribution < -0.4 is 0 Å². The number of benzene rings is 1. The first-order valence-corrected chi connectivity index (χ1v) is 15.7. The highest BCUT2D eigenvalue weighted by molar-refractivity contribution is 7.91. The first-order chi connectivity index (χ1) is 20.1. The molecule has 1 spiro atoms. The third-order valence-corrected chi connectivity index (χ3v) is 13.4. The van der Waals surface area contributed by atoms with Crippen LogP contribution in [0.3, 0.4) is 0 Å². The molecular weight excluding hydrogens is 564 g/mol. The van der Waals surface area contributed by atoms with E-state index in [1.54, 1.807) is 6.20 Å². The van der Waals surface area contributed by atoms with E-state index in [9.17, 15) is 17.2 Å². The number of halogens is 2. The molecule has 1 aromatic carbocycles. The number of hydrogen-bond donors (Lipinski definition) is 0. The molecule has 5 atom stereocenters. The van der Waals surface area contributed by atoms with E-state index < -0.39 is 32.1 Å². The Kier molecular flexibility index (Phi) is 4.40. The van der Waals surface area contributed by atoms with Crippen molar-refractivity contribution in [2.45, 2.75) is 49.0 Å². The number of sulfone groups is 1. The third kappa shape index (κ3) is 2.51. The lowest BCUT2D eigenvalue weighted by atomic mass is 9.49. The second-order valence-electron chi connectivity index (χ2n) is 12.8. The van der Waals surface area contributed by atoms with Crippen molar-refractivity contribution >= 4 is 9.84 Å². The van der Waals surface area contributed by atoms with Gasteiger partial charge >= 0.3 is 0 Å². The van der Waals surface area contributed by atoms with Crippen molar-refractivity contribution in [2.24, 2.45) is 16.2 Å². The lowest BCUT2D eigenvalue weighted by molar-refractivity contribution is 0.0308. The highest BCUT2D eigenvalue weighted by atomic mass is 32.2. The maximum absolute atomic E-state index is 14.7. The Morgan fingerprint density at radius 1 is 1.07 bits per heavy atom. The molecule has 3 unspecified atom stereocenters. The van der Waals surface area contributed by atoms with Crippen LogP contribution in [0.25, 0.3) is 17.2 Å². The average molecular weight is 590 g/mol. The van der Waals surface area contributed by atoms with Gasteiger partial charge in [0, 0.05) is 11.6 Å². The van der Waals surface area contributed by atoms with Gasteiger partial charge in [-0.2, -0.15) is 9.78 Å². The molecule has 3 saturated carbocycles. The van der Waals surface area contributed by atoms with Gasteiger partial charge in [0.1, 0.15) is 29.0 Å². The van der Waals surface area contributed by atoms with Gasteiger partial charge in [0.25, 0.3) is 5.95 Å². The van der Waals surface area contributed by atoms with Crippen LogP contribution in [0.5, 0.6) is 0 Å². The van der Waals surface area contributed by atoms with Gasteiger partial charge < -0.3 is 4.74 Å². The van der Waals surface area contributed by atoms with Crippen LogP contribution in [0.4, 0.5) is 8.78 Å². The van der Waals surface area contributed by atoms with Crippen LogP contribution in [-0.4, -0.2) is 61.8 Å². The molecule has 214 valence electrons. The lowest BCUT2D eigenvalue weighted by Gasteiger charge is -2.53. The van der Waals surface area contributed by atoms with E-state index in [0.717, 1.165) is 29.8 Å². The first kappa shape index (κ1) is 24.8. The Morgan fingerprint density at radius 2 is 1.86 bits per heavy atom. The number of nitrogens with zero attached hydrogens (tertiary/aromatic N) is 7. The minimum Gasteiger partial charge on any atom is -0.379 e. The van der Waals surface area contributed by atoms with Gasteiger partial charge in [0.05, 0.1) is 41.3 Å². The number of hydrogen-bond acceptors (Lipinski definition) is 9. The van der Waals surface area contributed by atoms with Crippen molar-refractivity contribution < 1.29 is 21.9 Å². The first-order valence-electron chi connectivity index (χ1n) is 13.9. The van der Waals surface area contributed by atoms with Crippen molar-refractivity contribution in [3.63, 3.8) is 0 Å². The molecule has 10 nitrogen and oxygen atoms in total. The maximum Gasteiger partial charge on any atom is 0.252 e. The predicted octanol–water partition coefficient (Wildman–Crippen LogP) is 3.31. The summed E-state index contributed by atoms with van der Waals surface area (Å²) in [7, 11) is -3.42. The van der Waals surface area contributed by atoms with Crippen LogP contribution >= 0.6 is 0 Å². The van der Waals surface area contributed by atoms with Crippen molar-refractivity contribution in [3.8, 4) is 17.2 Å². The third-order valence-electron chi connectivity index (χ3n) is 11.4. The van der Waals surface area contributed by atoms with Crippen molar-refractivity contribution in [3.05, 3.63) is 77.3 Å². The fourth-order valence-electron chi connectivity index (χ4n) is 9.60. The molecule has 13 heteroatoms. The average Bonchev–Trinajstić information content (AvgIpc) is 3.29. The largest absolute Gasteiger partial charge is 0.379 e. The van der Waals surface area contributed by atoms with Gasteiger partial charge in [-0.15, -0.1) is 10.2 Å². The van der Waals surface area contributed by atoms with E-state index in [4.69, 9.17) is 9.72 Å². The molecule has 4 aromatic rings. The molecular formula is C29H25F2N7O3S. The van der Waals surface area contributed by atoms with E-state index in [1.165, 1.54) is 29.2 Å². The summed E-state index contributed by atoms with van der Waals surface area (Å²) < 4.78 is 61.0. The Hall–Kier alpha value is -3.71. The van der Waals surface area contributed by atoms with E-state index >= 15 is 0 Å². The highest BCUT2D eigenvalue weighted by Crippen LogP contribution is 3.08. The topological polar surface area (TPSA) is 126 Å². The fourth-order valence-corrected chi connectivity index (χ4v) is 10.9. The summed E-state index contributed by atoms with van der Waals surface area (Å²) in [6.45, 7) is 5.03. The predicted molar refractivity (Wildman–Crippen MR) is 143 cm³/mol. The van der Waals surface area contributed by atoms with Crippen LogP contribution in [0.1, 0.15) is 55.4 Å². The molecule has 1 aliphatic heterocycles. The zero-order valence-corrected chi connectivity index (χ0v) is 23.6. The molecule has 4 fully saturated rings. The molecule has 1 saturated heterocycles. The number of fused-ring (bicyclic) bond motifs is 4. The maximum atomic E-state index is 14.7. The van der Waals surface area contributed by atoms with Gasteiger partial charge in [-0.1, -0.05) is 19.9 Å².